The third kappa shape index (κ3) is 3.59. The molecule has 0 radical (unpaired) electrons. The topological polar surface area (TPSA) is 75.8 Å². The Labute approximate surface area is 49.3 Å². The van der Waals surface area contributed by atoms with Crippen molar-refractivity contribution in [2.24, 2.45) is 11.5 Å². The van der Waals surface area contributed by atoms with Crippen molar-refractivity contribution in [3.8, 4) is 6.07 Å². The van der Waals surface area contributed by atoms with E-state index in [-0.39, 0.29) is 6.04 Å². The summed E-state index contributed by atoms with van der Waals surface area (Å²) >= 11 is 0. The van der Waals surface area contributed by atoms with Crippen molar-refractivity contribution in [1.29, 1.82) is 5.26 Å². The highest BCUT2D eigenvalue weighted by Gasteiger charge is 1.95. The molecule has 3 heteroatoms. The molecule has 0 aliphatic rings. The maximum Gasteiger partial charge on any atom is 0.0928 e. The minimum Gasteiger partial charge on any atom is -0.330 e. The Kier molecular flexibility index (Phi) is 4.23. The highest BCUT2D eigenvalue weighted by molar-refractivity contribution is 4.85. The molecule has 8 heavy (non-hydrogen) atoms. The number of hydrogen-bond acceptors (Lipinski definition) is 3. The Morgan fingerprint density at radius 1 is 1.62 bits per heavy atom. The van der Waals surface area contributed by atoms with E-state index < -0.39 is 0 Å². The summed E-state index contributed by atoms with van der Waals surface area (Å²) in [6.45, 7) is 0.620. The first kappa shape index (κ1) is 7.41. The fourth-order valence-electron chi connectivity index (χ4n) is 0.402. The number of nitriles is 1. The molecular formula is C5H11N3. The van der Waals surface area contributed by atoms with Gasteiger partial charge in [-0.25, -0.2) is 0 Å². The quantitative estimate of drug-likeness (QED) is 0.521. The summed E-state index contributed by atoms with van der Waals surface area (Å²) in [7, 11) is 0. The predicted octanol–water partition coefficient (Wildman–Crippen LogP) is -0.424. The maximum atomic E-state index is 8.15. The molecule has 4 N–H and O–H groups in total. The minimum atomic E-state index is -0.321. The second-order valence-corrected chi connectivity index (χ2v) is 1.67. The highest BCUT2D eigenvalue weighted by atomic mass is 14.6. The number of nitrogens with zero attached hydrogens (tertiary/aromatic N) is 1. The van der Waals surface area contributed by atoms with Gasteiger partial charge >= 0.3 is 0 Å². The van der Waals surface area contributed by atoms with E-state index in [2.05, 4.69) is 0 Å². The molecule has 0 aliphatic carbocycles. The molecule has 0 saturated carbocycles. The molecule has 3 nitrogen and oxygen atoms in total. The van der Waals surface area contributed by atoms with Crippen LogP contribution in [0.25, 0.3) is 0 Å². The molecule has 0 spiro atoms. The molecule has 0 aromatic heterocycles. The fourth-order valence-corrected chi connectivity index (χ4v) is 0.402. The molecule has 0 bridgehead atoms. The average molecular weight is 113 g/mol. The van der Waals surface area contributed by atoms with Gasteiger partial charge in [0.2, 0.25) is 0 Å². The molecule has 1 atom stereocenters. The Bertz CT molecular complexity index is 84.2. The summed E-state index contributed by atoms with van der Waals surface area (Å²) < 4.78 is 0. The van der Waals surface area contributed by atoms with Crippen molar-refractivity contribution in [3.05, 3.63) is 0 Å². The van der Waals surface area contributed by atoms with E-state index in [1.165, 1.54) is 0 Å². The van der Waals surface area contributed by atoms with Crippen LogP contribution in [0.3, 0.4) is 0 Å². The first-order valence-corrected chi connectivity index (χ1v) is 2.66. The highest BCUT2D eigenvalue weighted by Crippen LogP contribution is 1.88. The van der Waals surface area contributed by atoms with Crippen LogP contribution in [-0.2, 0) is 0 Å². The Hall–Kier alpha value is -0.590. The van der Waals surface area contributed by atoms with Gasteiger partial charge in [0, 0.05) is 0 Å². The van der Waals surface area contributed by atoms with Gasteiger partial charge in [0.15, 0.2) is 0 Å². The van der Waals surface area contributed by atoms with E-state index in [4.69, 9.17) is 16.7 Å². The summed E-state index contributed by atoms with van der Waals surface area (Å²) in [4.78, 5) is 0. The lowest BCUT2D eigenvalue weighted by Gasteiger charge is -1.96. The standard InChI is InChI=1S/C5H11N3/c6-3-1-2-5(8)4-7/h5H,1-3,6,8H2. The van der Waals surface area contributed by atoms with Gasteiger partial charge in [-0.3, -0.25) is 0 Å². The predicted molar refractivity (Wildman–Crippen MR) is 31.9 cm³/mol. The van der Waals surface area contributed by atoms with Crippen molar-refractivity contribution < 1.29 is 0 Å². The van der Waals surface area contributed by atoms with Crippen molar-refractivity contribution in [2.45, 2.75) is 18.9 Å². The van der Waals surface area contributed by atoms with E-state index >= 15 is 0 Å². The van der Waals surface area contributed by atoms with E-state index in [1.54, 1.807) is 0 Å². The Morgan fingerprint density at radius 2 is 2.25 bits per heavy atom. The third-order valence-electron chi connectivity index (χ3n) is 0.885. The van der Waals surface area contributed by atoms with Crippen LogP contribution in [0.5, 0.6) is 0 Å². The van der Waals surface area contributed by atoms with E-state index in [9.17, 15) is 0 Å². The number of rotatable bonds is 3. The Balaban J connectivity index is 3.02. The monoisotopic (exact) mass is 113 g/mol. The van der Waals surface area contributed by atoms with Crippen LogP contribution >= 0.6 is 0 Å². The lowest BCUT2D eigenvalue weighted by atomic mass is 10.2. The van der Waals surface area contributed by atoms with Crippen LogP contribution in [0.2, 0.25) is 0 Å². The molecule has 0 aromatic carbocycles. The van der Waals surface area contributed by atoms with Gasteiger partial charge in [-0.2, -0.15) is 5.26 Å². The van der Waals surface area contributed by atoms with Crippen molar-refractivity contribution in [3.63, 3.8) is 0 Å². The van der Waals surface area contributed by atoms with E-state index in [0.717, 1.165) is 6.42 Å². The second-order valence-electron chi connectivity index (χ2n) is 1.67. The minimum absolute atomic E-state index is 0.321. The first-order valence-electron chi connectivity index (χ1n) is 2.66. The zero-order valence-corrected chi connectivity index (χ0v) is 4.80. The van der Waals surface area contributed by atoms with Gasteiger partial charge in [0.1, 0.15) is 0 Å². The maximum absolute atomic E-state index is 8.15. The van der Waals surface area contributed by atoms with Gasteiger partial charge in [0.25, 0.3) is 0 Å². The van der Waals surface area contributed by atoms with Gasteiger partial charge in [-0.15, -0.1) is 0 Å². The van der Waals surface area contributed by atoms with E-state index in [1.807, 2.05) is 6.07 Å². The normalized spacial score (nSPS) is 12.6. The molecule has 0 aliphatic heterocycles. The largest absolute Gasteiger partial charge is 0.330 e. The first-order chi connectivity index (χ1) is 3.81. The molecule has 0 fully saturated rings. The molecule has 46 valence electrons. The van der Waals surface area contributed by atoms with Gasteiger partial charge in [-0.1, -0.05) is 0 Å². The Morgan fingerprint density at radius 3 is 2.62 bits per heavy atom. The molecule has 1 unspecified atom stereocenters. The van der Waals surface area contributed by atoms with E-state index in [0.29, 0.717) is 13.0 Å². The lowest BCUT2D eigenvalue weighted by Crippen LogP contribution is -2.18. The van der Waals surface area contributed by atoms with Crippen LogP contribution in [0, 0.1) is 11.3 Å². The molecule has 0 saturated heterocycles. The van der Waals surface area contributed by atoms with Gasteiger partial charge < -0.3 is 11.5 Å². The smallest absolute Gasteiger partial charge is 0.0928 e. The molecule has 0 aromatic rings. The summed E-state index contributed by atoms with van der Waals surface area (Å²) in [6.07, 6.45) is 1.56. The van der Waals surface area contributed by atoms with Gasteiger partial charge in [-0.05, 0) is 19.4 Å². The zero-order chi connectivity index (χ0) is 6.41. The molecule has 0 amide bonds. The summed E-state index contributed by atoms with van der Waals surface area (Å²) in [5.41, 5.74) is 10.4. The SMILES string of the molecule is N#CC(N)CCCN. The van der Waals surface area contributed by atoms with Crippen molar-refractivity contribution in [1.82, 2.24) is 0 Å². The van der Waals surface area contributed by atoms with Gasteiger partial charge in [0.05, 0.1) is 12.1 Å². The zero-order valence-electron chi connectivity index (χ0n) is 4.80. The lowest BCUT2D eigenvalue weighted by molar-refractivity contribution is 0.682. The average Bonchev–Trinajstić information content (AvgIpc) is 1.83. The van der Waals surface area contributed by atoms with Crippen LogP contribution in [0.4, 0.5) is 0 Å². The summed E-state index contributed by atoms with van der Waals surface area (Å²) in [5, 5.41) is 8.15. The number of hydrogen-bond donors (Lipinski definition) is 2. The molecule has 0 heterocycles. The fraction of sp³-hybridized carbons (Fsp3) is 0.800. The third-order valence-corrected chi connectivity index (χ3v) is 0.885. The van der Waals surface area contributed by atoms with Crippen LogP contribution in [-0.4, -0.2) is 12.6 Å². The van der Waals surface area contributed by atoms with Crippen molar-refractivity contribution >= 4 is 0 Å². The summed E-state index contributed by atoms with van der Waals surface area (Å²) in [6, 6.07) is 1.60. The van der Waals surface area contributed by atoms with Crippen LogP contribution in [0.15, 0.2) is 0 Å². The second kappa shape index (κ2) is 4.57. The summed E-state index contributed by atoms with van der Waals surface area (Å²) in [5.74, 6) is 0. The molecule has 0 rings (SSSR count). The van der Waals surface area contributed by atoms with Crippen LogP contribution < -0.4 is 11.5 Å². The van der Waals surface area contributed by atoms with Crippen LogP contribution in [0.1, 0.15) is 12.8 Å². The number of nitrogens with two attached hydrogens (primary N) is 2. The molecular weight excluding hydrogens is 102 g/mol. The van der Waals surface area contributed by atoms with Crippen molar-refractivity contribution in [2.75, 3.05) is 6.54 Å².